The number of anilines is 1. The largest absolute Gasteiger partial charge is 0.586 e. The maximum Gasteiger partial charge on any atom is 0.586 e. The fraction of sp³-hybridized carbons (Fsp3) is 0.400. The third kappa shape index (κ3) is 3.45. The minimum atomic E-state index is -3.76. The summed E-state index contributed by atoms with van der Waals surface area (Å²) in [7, 11) is 0. The molecular weight excluding hydrogens is 481 g/mol. The van der Waals surface area contributed by atoms with E-state index in [9.17, 15) is 23.8 Å². The second kappa shape index (κ2) is 7.61. The zero-order valence-corrected chi connectivity index (χ0v) is 19.2. The molecule has 1 saturated carbocycles. The van der Waals surface area contributed by atoms with Crippen molar-refractivity contribution >= 4 is 22.5 Å². The molecule has 3 aromatic rings. The van der Waals surface area contributed by atoms with E-state index >= 15 is 4.39 Å². The highest BCUT2D eigenvalue weighted by Crippen LogP contribution is 2.52. The van der Waals surface area contributed by atoms with Crippen LogP contribution in [0.1, 0.15) is 31.0 Å². The first kappa shape index (κ1) is 23.1. The average Bonchev–Trinajstić information content (AvgIpc) is 3.49. The lowest BCUT2D eigenvalue weighted by Crippen LogP contribution is -2.44. The van der Waals surface area contributed by atoms with Gasteiger partial charge in [0.05, 0.1) is 48.2 Å². The summed E-state index contributed by atoms with van der Waals surface area (Å²) >= 11 is 0. The van der Waals surface area contributed by atoms with Crippen LogP contribution in [0.3, 0.4) is 0 Å². The van der Waals surface area contributed by atoms with Gasteiger partial charge in [0, 0.05) is 11.5 Å². The van der Waals surface area contributed by atoms with Crippen LogP contribution in [0.2, 0.25) is 0 Å². The second-order valence-corrected chi connectivity index (χ2v) is 9.71. The molecule has 6 rings (SSSR count). The number of aliphatic hydroxyl groups is 2. The van der Waals surface area contributed by atoms with Gasteiger partial charge in [-0.2, -0.15) is 0 Å². The summed E-state index contributed by atoms with van der Waals surface area (Å²) in [6.45, 7) is 1.37. The minimum Gasteiger partial charge on any atom is -0.395 e. The fourth-order valence-electron chi connectivity index (χ4n) is 5.16. The summed E-state index contributed by atoms with van der Waals surface area (Å²) < 4.78 is 58.6. The van der Waals surface area contributed by atoms with Gasteiger partial charge in [0.25, 0.3) is 0 Å². The van der Waals surface area contributed by atoms with E-state index in [2.05, 4.69) is 14.8 Å². The van der Waals surface area contributed by atoms with Crippen molar-refractivity contribution in [1.29, 1.82) is 0 Å². The van der Waals surface area contributed by atoms with Crippen molar-refractivity contribution in [2.45, 2.75) is 49.7 Å². The number of amides is 1. The third-order valence-electron chi connectivity index (χ3n) is 7.24. The molecule has 0 spiro atoms. The maximum atomic E-state index is 15.2. The molecule has 3 heterocycles. The van der Waals surface area contributed by atoms with Gasteiger partial charge in [-0.05, 0) is 49.6 Å². The highest BCUT2D eigenvalue weighted by atomic mass is 19.3. The molecule has 2 atom stereocenters. The van der Waals surface area contributed by atoms with Crippen molar-refractivity contribution in [1.82, 2.24) is 4.57 Å². The number of carbonyl (C=O) groups is 1. The first-order valence-electron chi connectivity index (χ1n) is 11.5. The molecule has 1 aromatic heterocycles. The molecule has 0 saturated heterocycles. The first-order chi connectivity index (χ1) is 17.1. The molecule has 36 heavy (non-hydrogen) atoms. The molecule has 1 amide bonds. The van der Waals surface area contributed by atoms with E-state index in [1.807, 2.05) is 0 Å². The van der Waals surface area contributed by atoms with Crippen LogP contribution in [0, 0.1) is 5.82 Å². The van der Waals surface area contributed by atoms with Crippen LogP contribution >= 0.6 is 0 Å². The number of hydrogen-bond acceptors (Lipinski definition) is 6. The molecule has 1 fully saturated rings. The molecule has 0 bridgehead atoms. The smallest absolute Gasteiger partial charge is 0.395 e. The zero-order valence-electron chi connectivity index (χ0n) is 19.2. The van der Waals surface area contributed by atoms with Gasteiger partial charge < -0.3 is 34.3 Å². The quantitative estimate of drug-likeness (QED) is 0.493. The Hall–Kier alpha value is -3.28. The van der Waals surface area contributed by atoms with Crippen molar-refractivity contribution < 1.29 is 42.4 Å². The van der Waals surface area contributed by atoms with Gasteiger partial charge in [0.15, 0.2) is 11.5 Å². The Labute approximate surface area is 203 Å². The van der Waals surface area contributed by atoms with E-state index in [1.54, 1.807) is 17.6 Å². The number of aromatic nitrogens is 1. The van der Waals surface area contributed by atoms with Crippen LogP contribution in [0.4, 0.5) is 18.9 Å². The number of fused-ring (bicyclic) bond motifs is 4. The van der Waals surface area contributed by atoms with Crippen molar-refractivity contribution in [3.63, 3.8) is 0 Å². The Kier molecular flexibility index (Phi) is 4.89. The predicted octanol–water partition coefficient (Wildman–Crippen LogP) is 3.37. The summed E-state index contributed by atoms with van der Waals surface area (Å²) in [5.74, 6) is -1.38. The van der Waals surface area contributed by atoms with Gasteiger partial charge in [0.1, 0.15) is 11.4 Å². The SMILES string of the molecule is CC1(CO)O[C@@H](CO)Cn2c1cc1cc(NC(=O)C3(c4ccc5c(c4)OC(F)(F)O5)CC3)c(F)cc12. The van der Waals surface area contributed by atoms with Crippen LogP contribution in [-0.4, -0.2) is 46.3 Å². The number of aliphatic hydroxyl groups excluding tert-OH is 2. The summed E-state index contributed by atoms with van der Waals surface area (Å²) in [5, 5.41) is 22.8. The summed E-state index contributed by atoms with van der Waals surface area (Å²) in [6, 6.07) is 8.79. The van der Waals surface area contributed by atoms with E-state index < -0.39 is 35.1 Å². The van der Waals surface area contributed by atoms with Crippen molar-refractivity contribution in [3.05, 3.63) is 53.5 Å². The molecule has 11 heteroatoms. The van der Waals surface area contributed by atoms with Crippen molar-refractivity contribution in [2.24, 2.45) is 0 Å². The Morgan fingerprint density at radius 1 is 1.14 bits per heavy atom. The van der Waals surface area contributed by atoms with Gasteiger partial charge in [-0.3, -0.25) is 4.79 Å². The number of hydrogen-bond donors (Lipinski definition) is 3. The standard InChI is InChI=1S/C25H23F3N2O6/c1-23(12-32)21-7-13-6-17(16(26)9-18(13)30(21)10-15(11-31)34-23)29-22(33)24(4-5-24)14-2-3-19-20(8-14)36-25(27,28)35-19/h2-3,6-9,15,31-32H,4-5,10-12H2,1H3,(H,29,33)/t15-,23?/m1/s1. The summed E-state index contributed by atoms with van der Waals surface area (Å²) in [6.07, 6.45) is -3.39. The van der Waals surface area contributed by atoms with Gasteiger partial charge in [-0.15, -0.1) is 8.78 Å². The van der Waals surface area contributed by atoms with Crippen LogP contribution in [-0.2, 0) is 27.1 Å². The van der Waals surface area contributed by atoms with Crippen molar-refractivity contribution in [3.8, 4) is 11.5 Å². The van der Waals surface area contributed by atoms with Crippen LogP contribution in [0.25, 0.3) is 10.9 Å². The number of ether oxygens (including phenoxy) is 3. The Balaban J connectivity index is 1.31. The lowest BCUT2D eigenvalue weighted by molar-refractivity contribution is -0.286. The number of benzene rings is 2. The van der Waals surface area contributed by atoms with Gasteiger partial charge in [0.2, 0.25) is 5.91 Å². The third-order valence-corrected chi connectivity index (χ3v) is 7.24. The first-order valence-corrected chi connectivity index (χ1v) is 11.5. The van der Waals surface area contributed by atoms with E-state index in [0.29, 0.717) is 35.0 Å². The normalized spacial score (nSPS) is 25.0. The molecule has 2 aromatic carbocycles. The topological polar surface area (TPSA) is 102 Å². The molecule has 1 unspecified atom stereocenters. The van der Waals surface area contributed by atoms with Crippen molar-refractivity contribution in [2.75, 3.05) is 18.5 Å². The van der Waals surface area contributed by atoms with Gasteiger partial charge in [-0.1, -0.05) is 6.07 Å². The molecule has 2 aliphatic heterocycles. The van der Waals surface area contributed by atoms with Crippen LogP contribution in [0.5, 0.6) is 11.5 Å². The molecule has 190 valence electrons. The lowest BCUT2D eigenvalue weighted by atomic mass is 9.94. The molecule has 0 radical (unpaired) electrons. The predicted molar refractivity (Wildman–Crippen MR) is 120 cm³/mol. The number of halogens is 3. The zero-order chi connectivity index (χ0) is 25.5. The highest BCUT2D eigenvalue weighted by molar-refractivity contribution is 6.02. The maximum absolute atomic E-state index is 15.2. The Bertz CT molecular complexity index is 1400. The number of alkyl halides is 2. The van der Waals surface area contributed by atoms with Crippen LogP contribution in [0.15, 0.2) is 36.4 Å². The van der Waals surface area contributed by atoms with E-state index in [-0.39, 0.29) is 36.9 Å². The van der Waals surface area contributed by atoms with Gasteiger partial charge >= 0.3 is 6.29 Å². The Morgan fingerprint density at radius 2 is 1.89 bits per heavy atom. The second-order valence-electron chi connectivity index (χ2n) is 9.71. The molecular formula is C25H23F3N2O6. The number of carbonyl (C=O) groups excluding carboxylic acids is 1. The number of nitrogens with one attached hydrogen (secondary N) is 1. The lowest BCUT2D eigenvalue weighted by Gasteiger charge is -2.38. The number of rotatable bonds is 5. The molecule has 1 aliphatic carbocycles. The van der Waals surface area contributed by atoms with E-state index in [0.717, 1.165) is 0 Å². The number of nitrogens with zero attached hydrogens (tertiary/aromatic N) is 1. The van der Waals surface area contributed by atoms with Gasteiger partial charge in [-0.25, -0.2) is 4.39 Å². The monoisotopic (exact) mass is 504 g/mol. The van der Waals surface area contributed by atoms with Crippen LogP contribution < -0.4 is 14.8 Å². The Morgan fingerprint density at radius 3 is 2.58 bits per heavy atom. The van der Waals surface area contributed by atoms with E-state index in [1.165, 1.54) is 30.3 Å². The minimum absolute atomic E-state index is 0.0284. The molecule has 8 nitrogen and oxygen atoms in total. The molecule has 3 aliphatic rings. The summed E-state index contributed by atoms with van der Waals surface area (Å²) in [5.41, 5.74) is -0.456. The van der Waals surface area contributed by atoms with E-state index in [4.69, 9.17) is 4.74 Å². The average molecular weight is 504 g/mol. The fourth-order valence-corrected chi connectivity index (χ4v) is 5.16. The molecule has 3 N–H and O–H groups in total. The summed E-state index contributed by atoms with van der Waals surface area (Å²) in [4.78, 5) is 13.3. The highest BCUT2D eigenvalue weighted by Gasteiger charge is 2.53.